The number of hydrogen-bond acceptors (Lipinski definition) is 5. The van der Waals surface area contributed by atoms with E-state index in [1.165, 1.54) is 20.1 Å². The molecule has 0 saturated heterocycles. The number of ether oxygens (including phenoxy) is 1. The van der Waals surface area contributed by atoms with E-state index in [0.717, 1.165) is 12.1 Å². The van der Waals surface area contributed by atoms with E-state index in [4.69, 9.17) is 26.5 Å². The summed E-state index contributed by atoms with van der Waals surface area (Å²) < 4.78 is 49.7. The summed E-state index contributed by atoms with van der Waals surface area (Å²) in [5, 5.41) is 12.0. The standard InChI is InChI=1S/C19H14ClF3N2O5/c1-7-13-12(29-2)6-11(26)14(17(24)27)16(13)30-15(7)18(28)25-8-3-4-10(20)9(5-8)19(21,22)23/h3-6,26H,1-2H3,(H2,24,27)(H,25,28). The predicted molar refractivity (Wildman–Crippen MR) is 102 cm³/mol. The number of fused-ring (bicyclic) bond motifs is 1. The number of primary amides is 1. The highest BCUT2D eigenvalue weighted by Gasteiger charge is 2.34. The van der Waals surface area contributed by atoms with Gasteiger partial charge < -0.3 is 25.3 Å². The molecule has 11 heteroatoms. The molecule has 7 nitrogen and oxygen atoms in total. The number of aromatic hydroxyl groups is 1. The second-order valence-electron chi connectivity index (χ2n) is 6.24. The maximum atomic E-state index is 13.0. The van der Waals surface area contributed by atoms with E-state index in [9.17, 15) is 27.9 Å². The SMILES string of the molecule is COc1cc(O)c(C(N)=O)c2oc(C(=O)Nc3ccc(Cl)c(C(F)(F)F)c3)c(C)c12. The fourth-order valence-electron chi connectivity index (χ4n) is 2.99. The second kappa shape index (κ2) is 7.45. The Balaban J connectivity index is 2.10. The quantitative estimate of drug-likeness (QED) is 0.551. The van der Waals surface area contributed by atoms with Crippen LogP contribution < -0.4 is 15.8 Å². The molecule has 1 heterocycles. The largest absolute Gasteiger partial charge is 0.507 e. The number of hydrogen-bond donors (Lipinski definition) is 3. The third-order valence-corrected chi connectivity index (χ3v) is 4.68. The van der Waals surface area contributed by atoms with Crippen LogP contribution in [0.4, 0.5) is 18.9 Å². The molecule has 0 fully saturated rings. The average molecular weight is 443 g/mol. The number of anilines is 1. The number of aryl methyl sites for hydroxylation is 1. The Bertz CT molecular complexity index is 1190. The van der Waals surface area contributed by atoms with Crippen LogP contribution in [0.2, 0.25) is 5.02 Å². The molecule has 0 bridgehead atoms. The monoisotopic (exact) mass is 442 g/mol. The summed E-state index contributed by atoms with van der Waals surface area (Å²) in [7, 11) is 1.30. The van der Waals surface area contributed by atoms with E-state index < -0.39 is 34.3 Å². The molecule has 0 aliphatic heterocycles. The minimum atomic E-state index is -4.71. The zero-order valence-corrected chi connectivity index (χ0v) is 16.2. The maximum absolute atomic E-state index is 13.0. The third kappa shape index (κ3) is 3.61. The van der Waals surface area contributed by atoms with E-state index in [1.807, 2.05) is 0 Å². The van der Waals surface area contributed by atoms with E-state index in [1.54, 1.807) is 0 Å². The minimum Gasteiger partial charge on any atom is -0.507 e. The normalized spacial score (nSPS) is 11.5. The smallest absolute Gasteiger partial charge is 0.417 e. The van der Waals surface area contributed by atoms with Gasteiger partial charge in [-0.05, 0) is 25.1 Å². The Hall–Kier alpha value is -3.40. The second-order valence-corrected chi connectivity index (χ2v) is 6.65. The molecule has 30 heavy (non-hydrogen) atoms. The molecule has 0 spiro atoms. The van der Waals surface area contributed by atoms with Crippen molar-refractivity contribution in [3.05, 3.63) is 51.7 Å². The first kappa shape index (κ1) is 21.3. The number of furan rings is 1. The molecular weight excluding hydrogens is 429 g/mol. The van der Waals surface area contributed by atoms with Gasteiger partial charge in [-0.3, -0.25) is 9.59 Å². The Morgan fingerprint density at radius 3 is 2.50 bits per heavy atom. The molecule has 2 amide bonds. The molecular formula is C19H14ClF3N2O5. The van der Waals surface area contributed by atoms with Gasteiger partial charge in [-0.1, -0.05) is 11.6 Å². The van der Waals surface area contributed by atoms with Crippen LogP contribution in [0.5, 0.6) is 11.5 Å². The van der Waals surface area contributed by atoms with Crippen LogP contribution in [0.15, 0.2) is 28.7 Å². The first-order chi connectivity index (χ1) is 14.0. The van der Waals surface area contributed by atoms with Crippen LogP contribution in [0.3, 0.4) is 0 Å². The molecule has 0 radical (unpaired) electrons. The van der Waals surface area contributed by atoms with E-state index in [2.05, 4.69) is 5.32 Å². The summed E-state index contributed by atoms with van der Waals surface area (Å²) in [6, 6.07) is 4.01. The van der Waals surface area contributed by atoms with Crippen molar-refractivity contribution in [3.63, 3.8) is 0 Å². The van der Waals surface area contributed by atoms with Crippen LogP contribution in [-0.2, 0) is 6.18 Å². The fraction of sp³-hybridized carbons (Fsp3) is 0.158. The molecule has 0 aliphatic rings. The summed E-state index contributed by atoms with van der Waals surface area (Å²) in [4.78, 5) is 24.4. The summed E-state index contributed by atoms with van der Waals surface area (Å²) in [5.74, 6) is -2.61. The summed E-state index contributed by atoms with van der Waals surface area (Å²) in [5.41, 5.74) is 3.67. The number of alkyl halides is 3. The molecule has 158 valence electrons. The Kier molecular flexibility index (Phi) is 5.29. The van der Waals surface area contributed by atoms with Crippen molar-refractivity contribution in [2.45, 2.75) is 13.1 Å². The van der Waals surface area contributed by atoms with Crippen molar-refractivity contribution in [2.24, 2.45) is 5.73 Å². The van der Waals surface area contributed by atoms with E-state index in [-0.39, 0.29) is 39.3 Å². The van der Waals surface area contributed by atoms with E-state index in [0.29, 0.717) is 6.07 Å². The molecule has 3 rings (SSSR count). The number of carbonyl (C=O) groups excluding carboxylic acids is 2. The lowest BCUT2D eigenvalue weighted by Crippen LogP contribution is -2.13. The van der Waals surface area contributed by atoms with Crippen molar-refractivity contribution in [3.8, 4) is 11.5 Å². The van der Waals surface area contributed by atoms with Crippen LogP contribution >= 0.6 is 11.6 Å². The zero-order chi connectivity index (χ0) is 22.4. The van der Waals surface area contributed by atoms with Crippen LogP contribution in [-0.4, -0.2) is 24.0 Å². The summed E-state index contributed by atoms with van der Waals surface area (Å²) in [6.07, 6.45) is -4.71. The van der Waals surface area contributed by atoms with Gasteiger partial charge in [0, 0.05) is 17.3 Å². The number of rotatable bonds is 4. The molecule has 2 aromatic carbocycles. The van der Waals surface area contributed by atoms with Crippen LogP contribution in [0.25, 0.3) is 11.0 Å². The Morgan fingerprint density at radius 1 is 1.27 bits per heavy atom. The third-order valence-electron chi connectivity index (χ3n) is 4.35. The van der Waals surface area contributed by atoms with Gasteiger partial charge in [-0.25, -0.2) is 0 Å². The number of nitrogens with two attached hydrogens (primary N) is 1. The first-order valence-electron chi connectivity index (χ1n) is 8.26. The van der Waals surface area contributed by atoms with Crippen molar-refractivity contribution in [1.82, 2.24) is 0 Å². The lowest BCUT2D eigenvalue weighted by molar-refractivity contribution is -0.137. The number of phenols is 1. The van der Waals surface area contributed by atoms with Gasteiger partial charge in [0.05, 0.1) is 23.1 Å². The molecule has 0 unspecified atom stereocenters. The molecule has 0 saturated carbocycles. The molecule has 0 atom stereocenters. The number of halogens is 4. The average Bonchev–Trinajstić information content (AvgIpc) is 2.98. The topological polar surface area (TPSA) is 115 Å². The number of amides is 2. The molecule has 4 N–H and O–H groups in total. The molecule has 0 aliphatic carbocycles. The minimum absolute atomic E-state index is 0.110. The Morgan fingerprint density at radius 2 is 1.93 bits per heavy atom. The summed E-state index contributed by atoms with van der Waals surface area (Å²) in [6.45, 7) is 1.48. The van der Waals surface area contributed by atoms with Gasteiger partial charge >= 0.3 is 6.18 Å². The van der Waals surface area contributed by atoms with Crippen molar-refractivity contribution >= 4 is 40.1 Å². The van der Waals surface area contributed by atoms with Gasteiger partial charge in [0.1, 0.15) is 17.1 Å². The number of benzene rings is 2. The van der Waals surface area contributed by atoms with Crippen molar-refractivity contribution in [1.29, 1.82) is 0 Å². The highest BCUT2D eigenvalue weighted by Crippen LogP contribution is 2.40. The van der Waals surface area contributed by atoms with Gasteiger partial charge in [0.25, 0.3) is 11.8 Å². The number of nitrogens with one attached hydrogen (secondary N) is 1. The van der Waals surface area contributed by atoms with Crippen LogP contribution in [0, 0.1) is 6.92 Å². The molecule has 3 aromatic rings. The van der Waals surface area contributed by atoms with E-state index >= 15 is 0 Å². The number of carbonyl (C=O) groups is 2. The van der Waals surface area contributed by atoms with Crippen LogP contribution in [0.1, 0.15) is 32.0 Å². The highest BCUT2D eigenvalue weighted by molar-refractivity contribution is 6.31. The van der Waals surface area contributed by atoms with Gasteiger partial charge in [-0.15, -0.1) is 0 Å². The summed E-state index contributed by atoms with van der Waals surface area (Å²) >= 11 is 5.58. The maximum Gasteiger partial charge on any atom is 0.417 e. The number of methoxy groups -OCH3 is 1. The van der Waals surface area contributed by atoms with Gasteiger partial charge in [0.2, 0.25) is 0 Å². The Labute approximate surface area is 172 Å². The lowest BCUT2D eigenvalue weighted by atomic mass is 10.1. The molecule has 1 aromatic heterocycles. The first-order valence-corrected chi connectivity index (χ1v) is 8.64. The van der Waals surface area contributed by atoms with Crippen molar-refractivity contribution in [2.75, 3.05) is 12.4 Å². The predicted octanol–water partition coefficient (Wildman–Crippen LogP) is 4.48. The van der Waals surface area contributed by atoms with Crippen molar-refractivity contribution < 1.29 is 37.0 Å². The van der Waals surface area contributed by atoms with Gasteiger partial charge in [-0.2, -0.15) is 13.2 Å². The zero-order valence-electron chi connectivity index (χ0n) is 15.5. The van der Waals surface area contributed by atoms with Gasteiger partial charge in [0.15, 0.2) is 11.3 Å². The lowest BCUT2D eigenvalue weighted by Gasteiger charge is -2.11. The fourth-order valence-corrected chi connectivity index (χ4v) is 3.22. The highest BCUT2D eigenvalue weighted by atomic mass is 35.5.